The van der Waals surface area contributed by atoms with Crippen LogP contribution in [0.4, 0.5) is 0 Å². The highest BCUT2D eigenvalue weighted by molar-refractivity contribution is 5.76. The molecular weight excluding hydrogens is 200 g/mol. The highest BCUT2D eigenvalue weighted by Gasteiger charge is 1.99. The van der Waals surface area contributed by atoms with E-state index in [4.69, 9.17) is 4.42 Å². The van der Waals surface area contributed by atoms with E-state index in [1.807, 2.05) is 19.1 Å². The normalized spacial score (nSPS) is 10.6. The molecule has 82 valence electrons. The molecule has 1 aromatic carbocycles. The first-order valence-corrected chi connectivity index (χ1v) is 5.32. The first-order valence-electron chi connectivity index (χ1n) is 5.32. The number of hydrogen-bond acceptors (Lipinski definition) is 2. The molecule has 2 heteroatoms. The first-order chi connectivity index (χ1) is 7.65. The lowest BCUT2D eigenvalue weighted by atomic mass is 10.0. The summed E-state index contributed by atoms with van der Waals surface area (Å²) in [5.41, 5.74) is 2.76. The molecule has 1 aromatic heterocycles. The van der Waals surface area contributed by atoms with Crippen molar-refractivity contribution >= 4 is 11.0 Å². The summed E-state index contributed by atoms with van der Waals surface area (Å²) in [5, 5.41) is 0.971. The lowest BCUT2D eigenvalue weighted by Gasteiger charge is -2.02. The molecule has 0 atom stereocenters. The van der Waals surface area contributed by atoms with Gasteiger partial charge in [0.2, 0.25) is 0 Å². The van der Waals surface area contributed by atoms with Gasteiger partial charge in [-0.15, -0.1) is 6.58 Å². The standard InChI is InChI=1S/C14H14O2/c1-10(2)3-4-11-5-7-13-12(9-11)6-8-14(15)16-13/h5-9H,1,3-4H2,2H3. The lowest BCUT2D eigenvalue weighted by molar-refractivity contribution is 0.561. The second-order valence-electron chi connectivity index (χ2n) is 4.08. The third-order valence-corrected chi connectivity index (χ3v) is 2.52. The molecule has 0 bridgehead atoms. The zero-order valence-electron chi connectivity index (χ0n) is 9.32. The van der Waals surface area contributed by atoms with Gasteiger partial charge >= 0.3 is 5.63 Å². The fraction of sp³-hybridized carbons (Fsp3) is 0.214. The van der Waals surface area contributed by atoms with Gasteiger partial charge in [-0.1, -0.05) is 11.6 Å². The number of fused-ring (bicyclic) bond motifs is 1. The number of benzene rings is 1. The van der Waals surface area contributed by atoms with Gasteiger partial charge in [-0.2, -0.15) is 0 Å². The third-order valence-electron chi connectivity index (χ3n) is 2.52. The van der Waals surface area contributed by atoms with Crippen LogP contribution in [-0.4, -0.2) is 0 Å². The van der Waals surface area contributed by atoms with Crippen molar-refractivity contribution in [3.05, 3.63) is 58.5 Å². The van der Waals surface area contributed by atoms with Crippen LogP contribution in [0.1, 0.15) is 18.9 Å². The molecule has 0 radical (unpaired) electrons. The smallest absolute Gasteiger partial charge is 0.336 e. The van der Waals surface area contributed by atoms with Gasteiger partial charge in [0.1, 0.15) is 5.58 Å². The van der Waals surface area contributed by atoms with Crippen LogP contribution in [0.25, 0.3) is 11.0 Å². The largest absolute Gasteiger partial charge is 0.423 e. The highest BCUT2D eigenvalue weighted by atomic mass is 16.4. The average Bonchev–Trinajstić information content (AvgIpc) is 2.26. The summed E-state index contributed by atoms with van der Waals surface area (Å²) < 4.78 is 5.07. The van der Waals surface area contributed by atoms with E-state index in [-0.39, 0.29) is 5.63 Å². The Morgan fingerprint density at radius 3 is 2.88 bits per heavy atom. The zero-order valence-corrected chi connectivity index (χ0v) is 9.32. The Morgan fingerprint density at radius 1 is 1.31 bits per heavy atom. The minimum atomic E-state index is -0.304. The molecule has 0 saturated heterocycles. The SMILES string of the molecule is C=C(C)CCc1ccc2oc(=O)ccc2c1. The fourth-order valence-corrected chi connectivity index (χ4v) is 1.63. The van der Waals surface area contributed by atoms with E-state index < -0.39 is 0 Å². The van der Waals surface area contributed by atoms with Crippen LogP contribution in [0.5, 0.6) is 0 Å². The summed E-state index contributed by atoms with van der Waals surface area (Å²) in [6.45, 7) is 5.91. The minimum Gasteiger partial charge on any atom is -0.423 e. The van der Waals surface area contributed by atoms with Gasteiger partial charge in [0.25, 0.3) is 0 Å². The summed E-state index contributed by atoms with van der Waals surface area (Å²) in [5.74, 6) is 0. The van der Waals surface area contributed by atoms with Crippen molar-refractivity contribution in [2.45, 2.75) is 19.8 Å². The Balaban J connectivity index is 2.33. The van der Waals surface area contributed by atoms with Crippen LogP contribution in [0.15, 0.2) is 51.7 Å². The van der Waals surface area contributed by atoms with Gasteiger partial charge in [-0.05, 0) is 43.5 Å². The van der Waals surface area contributed by atoms with E-state index in [1.54, 1.807) is 6.07 Å². The highest BCUT2D eigenvalue weighted by Crippen LogP contribution is 2.16. The van der Waals surface area contributed by atoms with E-state index in [0.717, 1.165) is 18.2 Å². The second kappa shape index (κ2) is 4.35. The van der Waals surface area contributed by atoms with Gasteiger partial charge < -0.3 is 4.42 Å². The van der Waals surface area contributed by atoms with Crippen LogP contribution in [-0.2, 0) is 6.42 Å². The van der Waals surface area contributed by atoms with Crippen molar-refractivity contribution in [2.75, 3.05) is 0 Å². The van der Waals surface area contributed by atoms with Crippen molar-refractivity contribution in [3.8, 4) is 0 Å². The molecule has 2 nitrogen and oxygen atoms in total. The van der Waals surface area contributed by atoms with E-state index in [0.29, 0.717) is 5.58 Å². The van der Waals surface area contributed by atoms with Crippen LogP contribution < -0.4 is 5.63 Å². The molecule has 0 aliphatic rings. The van der Waals surface area contributed by atoms with Crippen LogP contribution >= 0.6 is 0 Å². The topological polar surface area (TPSA) is 30.2 Å². The van der Waals surface area contributed by atoms with Gasteiger partial charge in [0.15, 0.2) is 0 Å². The molecule has 0 fully saturated rings. The Kier molecular flexibility index (Phi) is 2.91. The summed E-state index contributed by atoms with van der Waals surface area (Å²) in [6.07, 6.45) is 1.96. The molecule has 0 aliphatic heterocycles. The molecule has 1 heterocycles. The summed E-state index contributed by atoms with van der Waals surface area (Å²) in [6, 6.07) is 9.15. The maximum atomic E-state index is 11.0. The van der Waals surface area contributed by atoms with E-state index >= 15 is 0 Å². The zero-order chi connectivity index (χ0) is 11.5. The average molecular weight is 214 g/mol. The predicted molar refractivity (Wildman–Crippen MR) is 65.6 cm³/mol. The van der Waals surface area contributed by atoms with Crippen molar-refractivity contribution in [1.82, 2.24) is 0 Å². The third kappa shape index (κ3) is 2.40. The molecule has 2 aromatic rings. The number of hydrogen-bond donors (Lipinski definition) is 0. The number of rotatable bonds is 3. The Bertz CT molecular complexity index is 579. The van der Waals surface area contributed by atoms with Gasteiger partial charge in [0, 0.05) is 11.5 Å². The maximum Gasteiger partial charge on any atom is 0.336 e. The fourth-order valence-electron chi connectivity index (χ4n) is 1.63. The molecular formula is C14H14O2. The summed E-state index contributed by atoms with van der Waals surface area (Å²) in [7, 11) is 0. The van der Waals surface area contributed by atoms with Crippen LogP contribution in [0.2, 0.25) is 0 Å². The van der Waals surface area contributed by atoms with Gasteiger partial charge in [0.05, 0.1) is 0 Å². The Morgan fingerprint density at radius 2 is 2.12 bits per heavy atom. The summed E-state index contributed by atoms with van der Waals surface area (Å²) >= 11 is 0. The van der Waals surface area contributed by atoms with Crippen molar-refractivity contribution in [3.63, 3.8) is 0 Å². The Labute approximate surface area is 94.2 Å². The molecule has 0 amide bonds. The molecule has 0 aliphatic carbocycles. The number of aryl methyl sites for hydroxylation is 1. The van der Waals surface area contributed by atoms with Gasteiger partial charge in [-0.3, -0.25) is 0 Å². The van der Waals surface area contributed by atoms with Crippen molar-refractivity contribution in [2.24, 2.45) is 0 Å². The van der Waals surface area contributed by atoms with E-state index in [9.17, 15) is 4.79 Å². The van der Waals surface area contributed by atoms with Crippen LogP contribution in [0.3, 0.4) is 0 Å². The molecule has 0 spiro atoms. The van der Waals surface area contributed by atoms with E-state index in [2.05, 4.69) is 12.6 Å². The summed E-state index contributed by atoms with van der Waals surface area (Å²) in [4.78, 5) is 11.0. The number of allylic oxidation sites excluding steroid dienone is 1. The van der Waals surface area contributed by atoms with Crippen LogP contribution in [0, 0.1) is 0 Å². The first kappa shape index (κ1) is 10.7. The maximum absolute atomic E-state index is 11.0. The van der Waals surface area contributed by atoms with E-state index in [1.165, 1.54) is 17.2 Å². The monoisotopic (exact) mass is 214 g/mol. The van der Waals surface area contributed by atoms with Crippen molar-refractivity contribution < 1.29 is 4.42 Å². The Hall–Kier alpha value is -1.83. The lowest BCUT2D eigenvalue weighted by Crippen LogP contribution is -1.94. The van der Waals surface area contributed by atoms with Gasteiger partial charge in [-0.25, -0.2) is 4.79 Å². The second-order valence-corrected chi connectivity index (χ2v) is 4.08. The molecule has 0 unspecified atom stereocenters. The molecule has 0 N–H and O–H groups in total. The predicted octanol–water partition coefficient (Wildman–Crippen LogP) is 3.30. The van der Waals surface area contributed by atoms with Crippen molar-refractivity contribution in [1.29, 1.82) is 0 Å². The molecule has 2 rings (SSSR count). The quantitative estimate of drug-likeness (QED) is 0.579. The minimum absolute atomic E-state index is 0.304. The molecule has 16 heavy (non-hydrogen) atoms. The molecule has 0 saturated carbocycles.